The molecule has 1 fully saturated rings. The van der Waals surface area contributed by atoms with Crippen molar-refractivity contribution in [1.29, 1.82) is 0 Å². The van der Waals surface area contributed by atoms with Crippen molar-refractivity contribution in [2.45, 2.75) is 13.3 Å². The zero-order valence-electron chi connectivity index (χ0n) is 12.0. The molecule has 5 heteroatoms. The predicted octanol–water partition coefficient (Wildman–Crippen LogP) is 2.52. The topological polar surface area (TPSA) is 32.3 Å². The van der Waals surface area contributed by atoms with Crippen molar-refractivity contribution in [3.05, 3.63) is 29.8 Å². The Bertz CT molecular complexity index is 573. The molecule has 4 nitrogen and oxygen atoms in total. The molecule has 0 atom stereocenters. The van der Waals surface area contributed by atoms with Crippen molar-refractivity contribution < 1.29 is 0 Å². The van der Waals surface area contributed by atoms with E-state index in [0.29, 0.717) is 0 Å². The zero-order chi connectivity index (χ0) is 13.9. The number of hydrogen-bond acceptors (Lipinski definition) is 5. The van der Waals surface area contributed by atoms with Gasteiger partial charge in [-0.1, -0.05) is 25.1 Å². The van der Waals surface area contributed by atoms with E-state index >= 15 is 0 Å². The summed E-state index contributed by atoms with van der Waals surface area (Å²) in [4.78, 5) is 4.71. The van der Waals surface area contributed by atoms with E-state index in [0.717, 1.165) is 44.1 Å². The van der Waals surface area contributed by atoms with Gasteiger partial charge in [0.25, 0.3) is 0 Å². The molecule has 1 aliphatic rings. The van der Waals surface area contributed by atoms with Crippen molar-refractivity contribution in [3.8, 4) is 11.3 Å². The second kappa shape index (κ2) is 5.89. The normalized spacial score (nSPS) is 16.6. The van der Waals surface area contributed by atoms with Gasteiger partial charge in [-0.15, -0.1) is 0 Å². The number of aromatic nitrogens is 2. The van der Waals surface area contributed by atoms with E-state index in [2.05, 4.69) is 56.8 Å². The number of likely N-dealkylation sites (N-methyl/N-ethyl adjacent to an activating group) is 1. The van der Waals surface area contributed by atoms with Crippen LogP contribution in [0.25, 0.3) is 11.3 Å². The molecule has 106 valence electrons. The quantitative estimate of drug-likeness (QED) is 0.869. The highest BCUT2D eigenvalue weighted by Gasteiger charge is 2.21. The summed E-state index contributed by atoms with van der Waals surface area (Å²) in [6.45, 7) is 6.42. The number of nitrogens with zero attached hydrogens (tertiary/aromatic N) is 4. The van der Waals surface area contributed by atoms with E-state index in [9.17, 15) is 0 Å². The maximum Gasteiger partial charge on any atom is 0.170 e. The van der Waals surface area contributed by atoms with Crippen molar-refractivity contribution in [1.82, 2.24) is 13.6 Å². The molecule has 1 aromatic carbocycles. The summed E-state index contributed by atoms with van der Waals surface area (Å²) in [5.41, 5.74) is 3.57. The zero-order valence-corrected chi connectivity index (χ0v) is 12.9. The SMILES string of the molecule is CCc1cccc(-c2nsnc2N2CCN(C)CC2)c1. The van der Waals surface area contributed by atoms with Crippen LogP contribution in [0.15, 0.2) is 24.3 Å². The van der Waals surface area contributed by atoms with Crippen molar-refractivity contribution in [2.24, 2.45) is 0 Å². The number of benzene rings is 1. The van der Waals surface area contributed by atoms with Crippen LogP contribution in [0.3, 0.4) is 0 Å². The van der Waals surface area contributed by atoms with Crippen LogP contribution < -0.4 is 4.90 Å². The largest absolute Gasteiger partial charge is 0.351 e. The molecule has 3 rings (SSSR count). The summed E-state index contributed by atoms with van der Waals surface area (Å²) in [7, 11) is 2.17. The van der Waals surface area contributed by atoms with Crippen LogP contribution in [0.1, 0.15) is 12.5 Å². The third kappa shape index (κ3) is 2.69. The maximum atomic E-state index is 4.53. The van der Waals surface area contributed by atoms with Gasteiger partial charge in [-0.2, -0.15) is 8.75 Å². The third-order valence-corrected chi connectivity index (χ3v) is 4.40. The van der Waals surface area contributed by atoms with Crippen LogP contribution in [0, 0.1) is 0 Å². The van der Waals surface area contributed by atoms with Crippen LogP contribution in [-0.4, -0.2) is 46.9 Å². The molecule has 0 aliphatic carbocycles. The number of aryl methyl sites for hydroxylation is 1. The Labute approximate surface area is 124 Å². The van der Waals surface area contributed by atoms with Gasteiger partial charge in [-0.05, 0) is 25.1 Å². The highest BCUT2D eigenvalue weighted by atomic mass is 32.1. The number of rotatable bonds is 3. The molecule has 0 bridgehead atoms. The number of anilines is 1. The fraction of sp³-hybridized carbons (Fsp3) is 0.467. The summed E-state index contributed by atoms with van der Waals surface area (Å²) in [5.74, 6) is 1.05. The molecule has 0 saturated carbocycles. The van der Waals surface area contributed by atoms with Gasteiger partial charge in [-0.3, -0.25) is 0 Å². The second-order valence-corrected chi connectivity index (χ2v) is 5.81. The minimum absolute atomic E-state index is 1.03. The van der Waals surface area contributed by atoms with E-state index in [1.807, 2.05) is 0 Å². The fourth-order valence-electron chi connectivity index (χ4n) is 2.53. The summed E-state index contributed by atoms with van der Waals surface area (Å²) in [6.07, 6.45) is 1.05. The van der Waals surface area contributed by atoms with Gasteiger partial charge < -0.3 is 9.80 Å². The van der Waals surface area contributed by atoms with E-state index in [4.69, 9.17) is 0 Å². The van der Waals surface area contributed by atoms with Crippen LogP contribution >= 0.6 is 11.7 Å². The van der Waals surface area contributed by atoms with E-state index < -0.39 is 0 Å². The Balaban J connectivity index is 1.89. The minimum atomic E-state index is 1.03. The van der Waals surface area contributed by atoms with Crippen LogP contribution in [0.4, 0.5) is 5.82 Å². The van der Waals surface area contributed by atoms with Crippen molar-refractivity contribution in [2.75, 3.05) is 38.1 Å². The highest BCUT2D eigenvalue weighted by Crippen LogP contribution is 2.30. The van der Waals surface area contributed by atoms with Gasteiger partial charge >= 0.3 is 0 Å². The Kier molecular flexibility index (Phi) is 3.98. The molecule has 1 aliphatic heterocycles. The van der Waals surface area contributed by atoms with Gasteiger partial charge in [0.15, 0.2) is 5.82 Å². The number of hydrogen-bond donors (Lipinski definition) is 0. The molecule has 0 amide bonds. The lowest BCUT2D eigenvalue weighted by molar-refractivity contribution is 0.312. The first kappa shape index (κ1) is 13.5. The average Bonchev–Trinajstić information content (AvgIpc) is 2.97. The standard InChI is InChI=1S/C15H20N4S/c1-3-12-5-4-6-13(11-12)14-15(17-20-16-14)19-9-7-18(2)8-10-19/h4-6,11H,3,7-10H2,1-2H3. The molecular weight excluding hydrogens is 268 g/mol. The molecule has 0 N–H and O–H groups in total. The summed E-state index contributed by atoms with van der Waals surface area (Å²) in [6, 6.07) is 8.64. The van der Waals surface area contributed by atoms with E-state index in [1.165, 1.54) is 22.9 Å². The lowest BCUT2D eigenvalue weighted by Gasteiger charge is -2.32. The Morgan fingerprint density at radius 1 is 1.15 bits per heavy atom. The lowest BCUT2D eigenvalue weighted by Crippen LogP contribution is -2.44. The van der Waals surface area contributed by atoms with Crippen LogP contribution in [-0.2, 0) is 6.42 Å². The monoisotopic (exact) mass is 288 g/mol. The summed E-state index contributed by atoms with van der Waals surface area (Å²) < 4.78 is 9.07. The minimum Gasteiger partial charge on any atom is -0.351 e. The van der Waals surface area contributed by atoms with Crippen LogP contribution in [0.2, 0.25) is 0 Å². The molecule has 0 radical (unpaired) electrons. The van der Waals surface area contributed by atoms with Gasteiger partial charge in [0, 0.05) is 31.7 Å². The van der Waals surface area contributed by atoms with E-state index in [1.54, 1.807) is 0 Å². The second-order valence-electron chi connectivity index (χ2n) is 5.28. The summed E-state index contributed by atoms with van der Waals surface area (Å²) in [5, 5.41) is 0. The van der Waals surface area contributed by atoms with Crippen molar-refractivity contribution >= 4 is 17.5 Å². The molecule has 1 aromatic heterocycles. The molecule has 0 unspecified atom stereocenters. The molecule has 1 saturated heterocycles. The van der Waals surface area contributed by atoms with Gasteiger partial charge in [0.1, 0.15) is 5.69 Å². The third-order valence-electron chi connectivity index (χ3n) is 3.88. The first-order chi connectivity index (χ1) is 9.78. The first-order valence-electron chi connectivity index (χ1n) is 7.13. The highest BCUT2D eigenvalue weighted by molar-refractivity contribution is 6.99. The maximum absolute atomic E-state index is 4.53. The molecule has 2 heterocycles. The average molecular weight is 288 g/mol. The van der Waals surface area contributed by atoms with Gasteiger partial charge in [-0.25, -0.2) is 0 Å². The first-order valence-corrected chi connectivity index (χ1v) is 7.86. The Morgan fingerprint density at radius 2 is 1.95 bits per heavy atom. The Hall–Kier alpha value is -1.46. The van der Waals surface area contributed by atoms with Gasteiger partial charge in [0.05, 0.1) is 11.7 Å². The smallest absolute Gasteiger partial charge is 0.170 e. The van der Waals surface area contributed by atoms with Crippen molar-refractivity contribution in [3.63, 3.8) is 0 Å². The molecule has 2 aromatic rings. The Morgan fingerprint density at radius 3 is 2.70 bits per heavy atom. The van der Waals surface area contributed by atoms with Crippen LogP contribution in [0.5, 0.6) is 0 Å². The lowest BCUT2D eigenvalue weighted by atomic mass is 10.1. The molecule has 0 spiro atoms. The van der Waals surface area contributed by atoms with Gasteiger partial charge in [0.2, 0.25) is 0 Å². The van der Waals surface area contributed by atoms with E-state index in [-0.39, 0.29) is 0 Å². The molecule has 20 heavy (non-hydrogen) atoms. The fourth-order valence-corrected chi connectivity index (χ4v) is 3.12. The summed E-state index contributed by atoms with van der Waals surface area (Å²) >= 11 is 1.31. The molecular formula is C15H20N4S. The number of piperazine rings is 1. The predicted molar refractivity (Wildman–Crippen MR) is 84.4 cm³/mol.